The number of halogens is 1. The molecule has 74 valence electrons. The van der Waals surface area contributed by atoms with Crippen molar-refractivity contribution in [2.75, 3.05) is 7.11 Å². The maximum Gasteiger partial charge on any atom is 0.489 e. The fourth-order valence-corrected chi connectivity index (χ4v) is 1.04. The molecule has 14 heavy (non-hydrogen) atoms. The lowest BCUT2D eigenvalue weighted by molar-refractivity contribution is 0.0601. The van der Waals surface area contributed by atoms with Crippen molar-refractivity contribution in [2.45, 2.75) is 0 Å². The summed E-state index contributed by atoms with van der Waals surface area (Å²) in [6.45, 7) is 0. The normalized spacial score (nSPS) is 9.71. The molecule has 0 aliphatic heterocycles. The number of esters is 1. The van der Waals surface area contributed by atoms with Gasteiger partial charge in [0.1, 0.15) is 5.82 Å². The minimum atomic E-state index is -1.83. The molecule has 0 unspecified atom stereocenters. The van der Waals surface area contributed by atoms with Gasteiger partial charge >= 0.3 is 13.1 Å². The van der Waals surface area contributed by atoms with Gasteiger partial charge in [-0.2, -0.15) is 0 Å². The summed E-state index contributed by atoms with van der Waals surface area (Å²) in [6.07, 6.45) is 0. The van der Waals surface area contributed by atoms with Crippen molar-refractivity contribution in [1.29, 1.82) is 0 Å². The predicted octanol–water partition coefficient (Wildman–Crippen LogP) is -0.708. The maximum absolute atomic E-state index is 12.7. The van der Waals surface area contributed by atoms with Gasteiger partial charge in [0.05, 0.1) is 12.7 Å². The minimum Gasteiger partial charge on any atom is -0.465 e. The number of hydrogen-bond acceptors (Lipinski definition) is 4. The number of carbonyl (C=O) groups is 1. The first-order valence-corrected chi connectivity index (χ1v) is 3.80. The molecule has 1 aromatic carbocycles. The van der Waals surface area contributed by atoms with E-state index < -0.39 is 18.9 Å². The van der Waals surface area contributed by atoms with Gasteiger partial charge in [0.2, 0.25) is 0 Å². The first-order valence-electron chi connectivity index (χ1n) is 3.80. The van der Waals surface area contributed by atoms with Crippen LogP contribution >= 0.6 is 0 Å². The average Bonchev–Trinajstić information content (AvgIpc) is 2.16. The van der Waals surface area contributed by atoms with Gasteiger partial charge in [-0.3, -0.25) is 0 Å². The summed E-state index contributed by atoms with van der Waals surface area (Å²) in [4.78, 5) is 11.1. The van der Waals surface area contributed by atoms with Crippen molar-refractivity contribution in [3.05, 3.63) is 29.6 Å². The number of hydrogen-bond donors (Lipinski definition) is 2. The lowest BCUT2D eigenvalue weighted by Crippen LogP contribution is -2.35. The van der Waals surface area contributed by atoms with E-state index >= 15 is 0 Å². The Bertz CT molecular complexity index is 353. The Labute approximate surface area is 80.1 Å². The Hall–Kier alpha value is -1.40. The van der Waals surface area contributed by atoms with Crippen molar-refractivity contribution >= 4 is 18.6 Å². The molecule has 0 aliphatic rings. The Balaban J connectivity index is 3.22. The van der Waals surface area contributed by atoms with Crippen LogP contribution in [-0.2, 0) is 4.74 Å². The summed E-state index contributed by atoms with van der Waals surface area (Å²) in [5.41, 5.74) is -0.277. The largest absolute Gasteiger partial charge is 0.489 e. The second-order valence-electron chi connectivity index (χ2n) is 2.60. The first kappa shape index (κ1) is 10.7. The highest BCUT2D eigenvalue weighted by Crippen LogP contribution is 2.03. The Kier molecular flexibility index (Phi) is 3.21. The van der Waals surface area contributed by atoms with E-state index in [9.17, 15) is 9.18 Å². The van der Waals surface area contributed by atoms with Crippen molar-refractivity contribution < 1.29 is 24.0 Å². The molecule has 0 heterocycles. The molecule has 0 bridgehead atoms. The van der Waals surface area contributed by atoms with Crippen molar-refractivity contribution in [2.24, 2.45) is 0 Å². The molecule has 0 amide bonds. The van der Waals surface area contributed by atoms with Crippen LogP contribution in [0.5, 0.6) is 0 Å². The Morgan fingerprint density at radius 1 is 1.50 bits per heavy atom. The molecule has 0 aromatic heterocycles. The first-order chi connectivity index (χ1) is 6.56. The highest BCUT2D eigenvalue weighted by molar-refractivity contribution is 6.60. The number of carbonyl (C=O) groups excluding carboxylic acids is 1. The molecule has 1 rings (SSSR count). The van der Waals surface area contributed by atoms with E-state index in [-0.39, 0.29) is 11.0 Å². The van der Waals surface area contributed by atoms with Crippen LogP contribution < -0.4 is 5.46 Å². The van der Waals surface area contributed by atoms with Gasteiger partial charge in [-0.1, -0.05) is 6.07 Å². The Morgan fingerprint density at radius 3 is 2.64 bits per heavy atom. The molecule has 0 saturated heterocycles. The lowest BCUT2D eigenvalue weighted by Gasteiger charge is -2.06. The second kappa shape index (κ2) is 4.21. The number of rotatable bonds is 2. The summed E-state index contributed by atoms with van der Waals surface area (Å²) in [6, 6.07) is 3.04. The standard InChI is InChI=1S/C8H8BFO4/c1-14-8(11)6-4-5(10)2-3-7(6)9(12)13/h2-4,12-13H,1H3. The third-order valence-corrected chi connectivity index (χ3v) is 1.70. The van der Waals surface area contributed by atoms with Gasteiger partial charge in [-0.25, -0.2) is 9.18 Å². The van der Waals surface area contributed by atoms with E-state index in [0.29, 0.717) is 0 Å². The number of ether oxygens (including phenoxy) is 1. The molecule has 6 heteroatoms. The highest BCUT2D eigenvalue weighted by Gasteiger charge is 2.21. The van der Waals surface area contributed by atoms with E-state index in [1.54, 1.807) is 0 Å². The van der Waals surface area contributed by atoms with E-state index in [2.05, 4.69) is 4.74 Å². The van der Waals surface area contributed by atoms with Crippen molar-refractivity contribution in [3.63, 3.8) is 0 Å². The van der Waals surface area contributed by atoms with Crippen molar-refractivity contribution in [1.82, 2.24) is 0 Å². The fourth-order valence-electron chi connectivity index (χ4n) is 1.04. The summed E-state index contributed by atoms with van der Waals surface area (Å²) < 4.78 is 17.1. The summed E-state index contributed by atoms with van der Waals surface area (Å²) >= 11 is 0. The fraction of sp³-hybridized carbons (Fsp3) is 0.125. The minimum absolute atomic E-state index is 0.0850. The van der Waals surface area contributed by atoms with E-state index in [4.69, 9.17) is 10.0 Å². The van der Waals surface area contributed by atoms with Crippen molar-refractivity contribution in [3.8, 4) is 0 Å². The molecule has 1 aromatic rings. The summed E-state index contributed by atoms with van der Waals surface area (Å²) in [5, 5.41) is 17.7. The van der Waals surface area contributed by atoms with Crippen LogP contribution in [0.1, 0.15) is 10.4 Å². The Morgan fingerprint density at radius 2 is 2.14 bits per heavy atom. The van der Waals surface area contributed by atoms with Gasteiger partial charge in [-0.05, 0) is 17.6 Å². The molecule has 2 N–H and O–H groups in total. The van der Waals surface area contributed by atoms with Crippen LogP contribution in [0.15, 0.2) is 18.2 Å². The zero-order valence-corrected chi connectivity index (χ0v) is 7.40. The third-order valence-electron chi connectivity index (χ3n) is 1.70. The number of methoxy groups -OCH3 is 1. The molecule has 0 radical (unpaired) electrons. The third kappa shape index (κ3) is 2.10. The molecule has 0 aliphatic carbocycles. The van der Waals surface area contributed by atoms with Crippen LogP contribution in [0.4, 0.5) is 4.39 Å². The lowest BCUT2D eigenvalue weighted by atomic mass is 9.77. The maximum atomic E-state index is 12.7. The average molecular weight is 198 g/mol. The van der Waals surface area contributed by atoms with E-state index in [1.165, 1.54) is 0 Å². The van der Waals surface area contributed by atoms with Gasteiger partial charge in [0.25, 0.3) is 0 Å². The zero-order chi connectivity index (χ0) is 10.7. The summed E-state index contributed by atoms with van der Waals surface area (Å²) in [5.74, 6) is -1.46. The van der Waals surface area contributed by atoms with Gasteiger partial charge in [-0.15, -0.1) is 0 Å². The molecule has 0 spiro atoms. The zero-order valence-electron chi connectivity index (χ0n) is 7.40. The van der Waals surface area contributed by atoms with Gasteiger partial charge in [0, 0.05) is 0 Å². The molecular formula is C8H8BFO4. The van der Waals surface area contributed by atoms with Gasteiger partial charge in [0.15, 0.2) is 0 Å². The topological polar surface area (TPSA) is 66.8 Å². The van der Waals surface area contributed by atoms with Crippen LogP contribution in [0, 0.1) is 5.82 Å². The van der Waals surface area contributed by atoms with E-state index in [0.717, 1.165) is 25.3 Å². The SMILES string of the molecule is COC(=O)c1cc(F)ccc1B(O)O. The monoisotopic (exact) mass is 198 g/mol. The van der Waals surface area contributed by atoms with Crippen LogP contribution in [0.2, 0.25) is 0 Å². The smallest absolute Gasteiger partial charge is 0.465 e. The van der Waals surface area contributed by atoms with Gasteiger partial charge < -0.3 is 14.8 Å². The molecular weight excluding hydrogens is 190 g/mol. The van der Waals surface area contributed by atoms with Crippen LogP contribution in [0.25, 0.3) is 0 Å². The van der Waals surface area contributed by atoms with Crippen LogP contribution in [0.3, 0.4) is 0 Å². The second-order valence-corrected chi connectivity index (χ2v) is 2.60. The summed E-state index contributed by atoms with van der Waals surface area (Å²) in [7, 11) is -0.703. The highest BCUT2D eigenvalue weighted by atomic mass is 19.1. The predicted molar refractivity (Wildman–Crippen MR) is 47.6 cm³/mol. The number of benzene rings is 1. The molecule has 0 fully saturated rings. The molecule has 0 saturated carbocycles. The van der Waals surface area contributed by atoms with E-state index in [1.807, 2.05) is 0 Å². The molecule has 4 nitrogen and oxygen atoms in total. The quantitative estimate of drug-likeness (QED) is 0.486. The van der Waals surface area contributed by atoms with Crippen LogP contribution in [-0.4, -0.2) is 30.2 Å². The molecule has 0 atom stereocenters.